The Balaban J connectivity index is 1.64. The molecule has 2 N–H and O–H groups in total. The molecular formula is C25H29N3O4S. The largest absolute Gasteiger partial charge is 0.493 e. The number of methoxy groups -OCH3 is 1. The highest BCUT2D eigenvalue weighted by Gasteiger charge is 2.14. The van der Waals surface area contributed by atoms with E-state index < -0.39 is 5.91 Å². The van der Waals surface area contributed by atoms with E-state index in [1.165, 1.54) is 11.8 Å². The fourth-order valence-corrected chi connectivity index (χ4v) is 4.28. The second-order valence-electron chi connectivity index (χ2n) is 7.32. The summed E-state index contributed by atoms with van der Waals surface area (Å²) in [6.45, 7) is 4.29. The molecule has 0 saturated carbocycles. The number of benzene rings is 2. The number of amides is 2. The zero-order valence-electron chi connectivity index (χ0n) is 19.1. The zero-order valence-corrected chi connectivity index (χ0v) is 20.0. The van der Waals surface area contributed by atoms with Crippen LogP contribution in [0.2, 0.25) is 0 Å². The van der Waals surface area contributed by atoms with E-state index in [0.29, 0.717) is 23.7 Å². The fourth-order valence-electron chi connectivity index (χ4n) is 3.31. The molecule has 0 bridgehead atoms. The molecule has 33 heavy (non-hydrogen) atoms. The number of hydrogen-bond donors (Lipinski definition) is 2. The van der Waals surface area contributed by atoms with Crippen molar-refractivity contribution < 1.29 is 19.1 Å². The average molecular weight is 468 g/mol. The second-order valence-corrected chi connectivity index (χ2v) is 8.24. The summed E-state index contributed by atoms with van der Waals surface area (Å²) in [5.74, 6) is 0.242. The molecule has 0 aliphatic rings. The van der Waals surface area contributed by atoms with Crippen LogP contribution < -0.4 is 20.2 Å². The lowest BCUT2D eigenvalue weighted by Gasteiger charge is -2.11. The summed E-state index contributed by atoms with van der Waals surface area (Å²) in [6, 6.07) is 13.0. The van der Waals surface area contributed by atoms with Crippen molar-refractivity contribution in [2.75, 3.05) is 20.3 Å². The molecule has 1 aromatic heterocycles. The molecule has 0 saturated heterocycles. The maximum Gasteiger partial charge on any atom is 0.259 e. The van der Waals surface area contributed by atoms with E-state index in [-0.39, 0.29) is 12.5 Å². The lowest BCUT2D eigenvalue weighted by molar-refractivity contribution is -0.120. The van der Waals surface area contributed by atoms with Crippen molar-refractivity contribution in [2.45, 2.75) is 33.1 Å². The molecule has 7 nitrogen and oxygen atoms in total. The van der Waals surface area contributed by atoms with Crippen LogP contribution in [-0.2, 0) is 4.79 Å². The molecule has 0 unspecified atom stereocenters. The number of carbonyl (C=O) groups is 2. The van der Waals surface area contributed by atoms with E-state index in [2.05, 4.69) is 40.3 Å². The summed E-state index contributed by atoms with van der Waals surface area (Å²) in [5.41, 5.74) is 4.84. The highest BCUT2D eigenvalue weighted by Crippen LogP contribution is 2.28. The van der Waals surface area contributed by atoms with E-state index in [0.717, 1.165) is 35.9 Å². The van der Waals surface area contributed by atoms with Crippen molar-refractivity contribution in [3.05, 3.63) is 59.0 Å². The topological polar surface area (TPSA) is 89.0 Å². The Morgan fingerprint density at radius 3 is 2.67 bits per heavy atom. The predicted octanol–water partition coefficient (Wildman–Crippen LogP) is 4.75. The Labute approximate surface area is 197 Å². The van der Waals surface area contributed by atoms with E-state index in [1.54, 1.807) is 29.5 Å². The van der Waals surface area contributed by atoms with Gasteiger partial charge in [0.05, 0.1) is 26.0 Å². The van der Waals surface area contributed by atoms with Crippen molar-refractivity contribution in [1.82, 2.24) is 10.7 Å². The van der Waals surface area contributed by atoms with Crippen LogP contribution in [0, 0.1) is 0 Å². The molecular weight excluding hydrogens is 438 g/mol. The first-order valence-corrected chi connectivity index (χ1v) is 11.9. The van der Waals surface area contributed by atoms with Crippen LogP contribution in [-0.4, -0.2) is 37.8 Å². The first-order valence-electron chi connectivity index (χ1n) is 11.0. The molecule has 8 heteroatoms. The number of rotatable bonds is 11. The molecule has 0 atom stereocenters. The van der Waals surface area contributed by atoms with Gasteiger partial charge >= 0.3 is 0 Å². The fraction of sp³-hybridized carbons (Fsp3) is 0.320. The van der Waals surface area contributed by atoms with E-state index in [1.807, 2.05) is 19.1 Å². The SMILES string of the molecule is CCCC/C(=N\NC(=O)CNC(=O)c1ccc(OCC)c(OC)c1)c1csc2ccccc12. The number of carbonyl (C=O) groups excluding carboxylic acids is 2. The number of hydrogen-bond acceptors (Lipinski definition) is 6. The summed E-state index contributed by atoms with van der Waals surface area (Å²) in [7, 11) is 1.51. The summed E-state index contributed by atoms with van der Waals surface area (Å²) in [5, 5.41) is 10.2. The Morgan fingerprint density at radius 2 is 1.91 bits per heavy atom. The number of unbranched alkanes of at least 4 members (excludes halogenated alkanes) is 1. The Bertz CT molecular complexity index is 1140. The summed E-state index contributed by atoms with van der Waals surface area (Å²) >= 11 is 1.66. The van der Waals surface area contributed by atoms with Crippen molar-refractivity contribution in [1.29, 1.82) is 0 Å². The van der Waals surface area contributed by atoms with Crippen molar-refractivity contribution in [3.8, 4) is 11.5 Å². The minimum atomic E-state index is -0.394. The van der Waals surface area contributed by atoms with Gasteiger partial charge in [-0.3, -0.25) is 9.59 Å². The monoisotopic (exact) mass is 467 g/mol. The Morgan fingerprint density at radius 1 is 1.09 bits per heavy atom. The van der Waals surface area contributed by atoms with Gasteiger partial charge in [0.1, 0.15) is 0 Å². The second kappa shape index (κ2) is 12.0. The highest BCUT2D eigenvalue weighted by molar-refractivity contribution is 7.17. The van der Waals surface area contributed by atoms with Crippen LogP contribution in [0.25, 0.3) is 10.1 Å². The molecule has 3 rings (SSSR count). The number of nitrogens with one attached hydrogen (secondary N) is 2. The van der Waals surface area contributed by atoms with Gasteiger partial charge in [-0.05, 0) is 44.0 Å². The van der Waals surface area contributed by atoms with Crippen LogP contribution in [0.4, 0.5) is 0 Å². The van der Waals surface area contributed by atoms with Gasteiger partial charge in [0, 0.05) is 26.6 Å². The van der Waals surface area contributed by atoms with Crippen molar-refractivity contribution in [2.24, 2.45) is 5.10 Å². The maximum absolute atomic E-state index is 12.5. The molecule has 174 valence electrons. The van der Waals surface area contributed by atoms with Gasteiger partial charge in [-0.1, -0.05) is 31.5 Å². The lowest BCUT2D eigenvalue weighted by atomic mass is 10.0. The Hall–Kier alpha value is -3.39. The van der Waals surface area contributed by atoms with Gasteiger partial charge in [-0.15, -0.1) is 11.3 Å². The summed E-state index contributed by atoms with van der Waals surface area (Å²) in [4.78, 5) is 24.9. The van der Waals surface area contributed by atoms with Crippen LogP contribution in [0.3, 0.4) is 0 Å². The zero-order chi connectivity index (χ0) is 23.6. The summed E-state index contributed by atoms with van der Waals surface area (Å²) in [6.07, 6.45) is 2.75. The molecule has 1 heterocycles. The minimum absolute atomic E-state index is 0.191. The molecule has 2 amide bonds. The smallest absolute Gasteiger partial charge is 0.259 e. The average Bonchev–Trinajstić information content (AvgIpc) is 3.27. The van der Waals surface area contributed by atoms with E-state index >= 15 is 0 Å². The third-order valence-corrected chi connectivity index (χ3v) is 5.97. The molecule has 2 aromatic carbocycles. The quantitative estimate of drug-likeness (QED) is 0.315. The minimum Gasteiger partial charge on any atom is -0.493 e. The normalized spacial score (nSPS) is 11.3. The Kier molecular flexibility index (Phi) is 8.83. The highest BCUT2D eigenvalue weighted by atomic mass is 32.1. The van der Waals surface area contributed by atoms with E-state index in [4.69, 9.17) is 9.47 Å². The molecule has 0 aliphatic heterocycles. The van der Waals surface area contributed by atoms with Crippen LogP contribution in [0.5, 0.6) is 11.5 Å². The van der Waals surface area contributed by atoms with Crippen LogP contribution in [0.15, 0.2) is 52.9 Å². The predicted molar refractivity (Wildman–Crippen MR) is 133 cm³/mol. The van der Waals surface area contributed by atoms with Crippen molar-refractivity contribution >= 4 is 38.9 Å². The van der Waals surface area contributed by atoms with Gasteiger partial charge in [-0.25, -0.2) is 5.43 Å². The van der Waals surface area contributed by atoms with Gasteiger partial charge in [0.25, 0.3) is 11.8 Å². The van der Waals surface area contributed by atoms with Gasteiger partial charge in [0.2, 0.25) is 0 Å². The molecule has 0 spiro atoms. The molecule has 0 fully saturated rings. The number of fused-ring (bicyclic) bond motifs is 1. The number of hydrazone groups is 1. The third kappa shape index (κ3) is 6.32. The lowest BCUT2D eigenvalue weighted by Crippen LogP contribution is -2.35. The molecule has 0 aliphatic carbocycles. The molecule has 0 radical (unpaired) electrons. The number of thiophene rings is 1. The van der Waals surface area contributed by atoms with E-state index in [9.17, 15) is 9.59 Å². The van der Waals surface area contributed by atoms with Crippen LogP contribution >= 0.6 is 11.3 Å². The van der Waals surface area contributed by atoms with Gasteiger partial charge in [0.15, 0.2) is 11.5 Å². The maximum atomic E-state index is 12.5. The standard InChI is InChI=1S/C25H29N3O4S/c1-4-6-10-20(19-16-33-23-11-8-7-9-18(19)23)27-28-24(29)15-26-25(30)17-12-13-21(32-5-2)22(14-17)31-3/h7-9,11-14,16H,4-6,10,15H2,1-3H3,(H,26,30)(H,28,29)/b27-20+. The third-order valence-electron chi connectivity index (χ3n) is 5.01. The van der Waals surface area contributed by atoms with Gasteiger partial charge in [-0.2, -0.15) is 5.10 Å². The van der Waals surface area contributed by atoms with Crippen LogP contribution in [0.1, 0.15) is 49.0 Å². The van der Waals surface area contributed by atoms with Gasteiger partial charge < -0.3 is 14.8 Å². The first kappa shape index (κ1) is 24.3. The number of nitrogens with zero attached hydrogens (tertiary/aromatic N) is 1. The first-order chi connectivity index (χ1) is 16.1. The summed E-state index contributed by atoms with van der Waals surface area (Å²) < 4.78 is 11.9. The molecule has 3 aromatic rings. The van der Waals surface area contributed by atoms with Crippen molar-refractivity contribution in [3.63, 3.8) is 0 Å². The number of ether oxygens (including phenoxy) is 2.